The van der Waals surface area contributed by atoms with Crippen molar-refractivity contribution in [1.82, 2.24) is 4.90 Å². The molecule has 0 aliphatic heterocycles. The number of amides is 1. The van der Waals surface area contributed by atoms with E-state index in [0.717, 1.165) is 5.56 Å². The molecule has 0 radical (unpaired) electrons. The molecule has 0 fully saturated rings. The summed E-state index contributed by atoms with van der Waals surface area (Å²) in [5, 5.41) is 9.07. The number of aliphatic hydroxyl groups is 1. The minimum atomic E-state index is -4.34. The van der Waals surface area contributed by atoms with Gasteiger partial charge in [-0.3, -0.25) is 4.79 Å². The molecule has 1 N–H and O–H groups in total. The van der Waals surface area contributed by atoms with Crippen LogP contribution >= 0.6 is 0 Å². The van der Waals surface area contributed by atoms with Crippen molar-refractivity contribution < 1.29 is 23.1 Å². The van der Waals surface area contributed by atoms with Crippen molar-refractivity contribution in [3.63, 3.8) is 0 Å². The average Bonchev–Trinajstić information content (AvgIpc) is 2.41. The Balaban J connectivity index is 2.74. The molecule has 0 heterocycles. The van der Waals surface area contributed by atoms with Crippen molar-refractivity contribution in [2.45, 2.75) is 31.5 Å². The number of halogens is 3. The van der Waals surface area contributed by atoms with Gasteiger partial charge in [0.15, 0.2) is 0 Å². The summed E-state index contributed by atoms with van der Waals surface area (Å²) in [4.78, 5) is 13.1. The van der Waals surface area contributed by atoms with Crippen LogP contribution in [0.5, 0.6) is 0 Å². The summed E-state index contributed by atoms with van der Waals surface area (Å²) < 4.78 is 36.4. The highest BCUT2D eigenvalue weighted by Crippen LogP contribution is 2.26. The standard InChI is InChI=1S/C14H18F3NO2/c1-18(13(20)7-9-14(15,16)17)12(8-10-19)11-5-3-2-4-6-11/h2-6,12,19H,7-10H2,1H3. The van der Waals surface area contributed by atoms with Crippen LogP contribution < -0.4 is 0 Å². The fourth-order valence-corrected chi connectivity index (χ4v) is 1.98. The Kier molecular flexibility index (Phi) is 6.01. The van der Waals surface area contributed by atoms with Gasteiger partial charge in [0.2, 0.25) is 5.91 Å². The minimum Gasteiger partial charge on any atom is -0.396 e. The third kappa shape index (κ3) is 5.21. The maximum Gasteiger partial charge on any atom is 0.389 e. The topological polar surface area (TPSA) is 40.5 Å². The van der Waals surface area contributed by atoms with E-state index in [4.69, 9.17) is 5.11 Å². The van der Waals surface area contributed by atoms with Gasteiger partial charge in [-0.2, -0.15) is 13.2 Å². The van der Waals surface area contributed by atoms with Gasteiger partial charge in [-0.1, -0.05) is 30.3 Å². The molecule has 0 spiro atoms. The van der Waals surface area contributed by atoms with Crippen molar-refractivity contribution >= 4 is 5.91 Å². The van der Waals surface area contributed by atoms with E-state index >= 15 is 0 Å². The first-order valence-corrected chi connectivity index (χ1v) is 6.33. The molecular weight excluding hydrogens is 271 g/mol. The van der Waals surface area contributed by atoms with Gasteiger partial charge in [-0.05, 0) is 12.0 Å². The SMILES string of the molecule is CN(C(=O)CCC(F)(F)F)C(CCO)c1ccccc1. The Morgan fingerprint density at radius 3 is 2.40 bits per heavy atom. The highest BCUT2D eigenvalue weighted by molar-refractivity contribution is 5.76. The van der Waals surface area contributed by atoms with Crippen LogP contribution in [-0.2, 0) is 4.79 Å². The van der Waals surface area contributed by atoms with Gasteiger partial charge in [-0.25, -0.2) is 0 Å². The number of carbonyl (C=O) groups excluding carboxylic acids is 1. The van der Waals surface area contributed by atoms with Gasteiger partial charge in [0.1, 0.15) is 0 Å². The molecule has 20 heavy (non-hydrogen) atoms. The molecule has 1 aromatic rings. The highest BCUT2D eigenvalue weighted by atomic mass is 19.4. The van der Waals surface area contributed by atoms with Gasteiger partial charge in [-0.15, -0.1) is 0 Å². The van der Waals surface area contributed by atoms with Crippen LogP contribution in [0, 0.1) is 0 Å². The lowest BCUT2D eigenvalue weighted by atomic mass is 10.0. The smallest absolute Gasteiger partial charge is 0.389 e. The molecule has 1 aromatic carbocycles. The number of hydrogen-bond acceptors (Lipinski definition) is 2. The van der Waals surface area contributed by atoms with Crippen LogP contribution in [0.3, 0.4) is 0 Å². The molecule has 1 amide bonds. The molecule has 0 aliphatic carbocycles. The monoisotopic (exact) mass is 289 g/mol. The van der Waals surface area contributed by atoms with E-state index in [-0.39, 0.29) is 13.0 Å². The Hall–Kier alpha value is -1.56. The molecule has 1 unspecified atom stereocenters. The quantitative estimate of drug-likeness (QED) is 0.874. The Morgan fingerprint density at radius 1 is 1.30 bits per heavy atom. The summed E-state index contributed by atoms with van der Waals surface area (Å²) in [6.45, 7) is -0.142. The molecule has 6 heteroatoms. The summed E-state index contributed by atoms with van der Waals surface area (Å²) in [5.41, 5.74) is 0.796. The molecule has 0 saturated heterocycles. The predicted octanol–water partition coefficient (Wildman–Crippen LogP) is 2.91. The van der Waals surface area contributed by atoms with Crippen LogP contribution in [0.25, 0.3) is 0 Å². The van der Waals surface area contributed by atoms with E-state index in [1.807, 2.05) is 6.07 Å². The first kappa shape index (κ1) is 16.5. The van der Waals surface area contributed by atoms with Gasteiger partial charge in [0, 0.05) is 20.1 Å². The van der Waals surface area contributed by atoms with Crippen LogP contribution in [0.15, 0.2) is 30.3 Å². The molecule has 0 saturated carbocycles. The first-order valence-electron chi connectivity index (χ1n) is 6.33. The molecule has 1 atom stereocenters. The van der Waals surface area contributed by atoms with Crippen LogP contribution in [0.4, 0.5) is 13.2 Å². The van der Waals surface area contributed by atoms with Crippen molar-refractivity contribution in [2.24, 2.45) is 0 Å². The van der Waals surface area contributed by atoms with Crippen molar-refractivity contribution in [1.29, 1.82) is 0 Å². The number of alkyl halides is 3. The van der Waals surface area contributed by atoms with Gasteiger partial charge >= 0.3 is 6.18 Å². The lowest BCUT2D eigenvalue weighted by molar-refractivity contribution is -0.149. The second-order valence-electron chi connectivity index (χ2n) is 4.56. The molecule has 0 bridgehead atoms. The summed E-state index contributed by atoms with van der Waals surface area (Å²) in [7, 11) is 1.46. The summed E-state index contributed by atoms with van der Waals surface area (Å²) in [6.07, 6.45) is -5.75. The Labute approximate surface area is 116 Å². The maximum absolute atomic E-state index is 12.1. The Morgan fingerprint density at radius 2 is 1.90 bits per heavy atom. The van der Waals surface area contributed by atoms with Crippen LogP contribution in [0.2, 0.25) is 0 Å². The number of rotatable bonds is 6. The number of benzene rings is 1. The molecule has 1 rings (SSSR count). The first-order chi connectivity index (χ1) is 9.35. The molecule has 0 aromatic heterocycles. The van der Waals surface area contributed by atoms with Gasteiger partial charge in [0.05, 0.1) is 12.5 Å². The molecule has 0 aliphatic rings. The van der Waals surface area contributed by atoms with E-state index in [1.165, 1.54) is 11.9 Å². The highest BCUT2D eigenvalue weighted by Gasteiger charge is 2.30. The molecule has 3 nitrogen and oxygen atoms in total. The largest absolute Gasteiger partial charge is 0.396 e. The number of nitrogens with zero attached hydrogens (tertiary/aromatic N) is 1. The zero-order valence-corrected chi connectivity index (χ0v) is 11.2. The molecular formula is C14H18F3NO2. The van der Waals surface area contributed by atoms with Gasteiger partial charge < -0.3 is 10.0 Å². The normalized spacial score (nSPS) is 13.1. The van der Waals surface area contributed by atoms with Crippen molar-refractivity contribution in [3.05, 3.63) is 35.9 Å². The third-order valence-electron chi connectivity index (χ3n) is 3.07. The minimum absolute atomic E-state index is 0.142. The second kappa shape index (κ2) is 7.28. The van der Waals surface area contributed by atoms with Crippen molar-refractivity contribution in [3.8, 4) is 0 Å². The summed E-state index contributed by atoms with van der Waals surface area (Å²) >= 11 is 0. The van der Waals surface area contributed by atoms with E-state index in [9.17, 15) is 18.0 Å². The number of aliphatic hydroxyl groups excluding tert-OH is 1. The number of carbonyl (C=O) groups is 1. The van der Waals surface area contributed by atoms with Crippen molar-refractivity contribution in [2.75, 3.05) is 13.7 Å². The fraction of sp³-hybridized carbons (Fsp3) is 0.500. The lowest BCUT2D eigenvalue weighted by Crippen LogP contribution is -2.32. The van der Waals surface area contributed by atoms with Gasteiger partial charge in [0.25, 0.3) is 0 Å². The third-order valence-corrected chi connectivity index (χ3v) is 3.07. The van der Waals surface area contributed by atoms with E-state index < -0.39 is 31.0 Å². The number of hydrogen-bond donors (Lipinski definition) is 1. The van der Waals surface area contributed by atoms with Crippen LogP contribution in [-0.4, -0.2) is 35.7 Å². The zero-order chi connectivity index (χ0) is 15.2. The van der Waals surface area contributed by atoms with E-state index in [2.05, 4.69) is 0 Å². The van der Waals surface area contributed by atoms with E-state index in [0.29, 0.717) is 0 Å². The lowest BCUT2D eigenvalue weighted by Gasteiger charge is -2.28. The maximum atomic E-state index is 12.1. The summed E-state index contributed by atoms with van der Waals surface area (Å²) in [6, 6.07) is 8.54. The Bertz CT molecular complexity index is 420. The predicted molar refractivity (Wildman–Crippen MR) is 68.9 cm³/mol. The summed E-state index contributed by atoms with van der Waals surface area (Å²) in [5.74, 6) is -0.579. The second-order valence-corrected chi connectivity index (χ2v) is 4.56. The zero-order valence-electron chi connectivity index (χ0n) is 11.2. The fourth-order valence-electron chi connectivity index (χ4n) is 1.98. The molecule has 112 valence electrons. The van der Waals surface area contributed by atoms with E-state index in [1.54, 1.807) is 24.3 Å². The van der Waals surface area contributed by atoms with Crippen LogP contribution in [0.1, 0.15) is 30.9 Å². The average molecular weight is 289 g/mol.